The molecule has 3 aromatic heterocycles. The maximum atomic E-state index is 5.33. The Morgan fingerprint density at radius 3 is 1.61 bits per heavy atom. The molecule has 6 aromatic rings. The average Bonchev–Trinajstić information content (AvgIpc) is 3.83. The lowest BCUT2D eigenvalue weighted by molar-refractivity contribution is 1.30. The van der Waals surface area contributed by atoms with Crippen LogP contribution in [-0.4, -0.2) is 19.9 Å². The van der Waals surface area contributed by atoms with Crippen LogP contribution in [0.15, 0.2) is 103 Å². The highest BCUT2D eigenvalue weighted by Gasteiger charge is 2.24. The molecule has 0 spiro atoms. The molecule has 2 N–H and O–H groups in total. The van der Waals surface area contributed by atoms with Gasteiger partial charge in [-0.1, -0.05) is 72.8 Å². The Labute approximate surface area is 268 Å². The number of aryl methyl sites for hydroxylation is 3. The van der Waals surface area contributed by atoms with E-state index in [9.17, 15) is 0 Å². The van der Waals surface area contributed by atoms with Gasteiger partial charge in [-0.15, -0.1) is 0 Å². The van der Waals surface area contributed by atoms with Gasteiger partial charge in [0.05, 0.1) is 28.3 Å². The van der Waals surface area contributed by atoms with Crippen molar-refractivity contribution in [1.29, 1.82) is 0 Å². The van der Waals surface area contributed by atoms with Gasteiger partial charge in [-0.05, 0) is 115 Å². The van der Waals surface area contributed by atoms with E-state index < -0.39 is 0 Å². The number of H-pyrrole nitrogens is 2. The maximum absolute atomic E-state index is 5.33. The number of allylic oxidation sites excluding steroid dienone is 1. The molecule has 4 heteroatoms. The van der Waals surface area contributed by atoms with Crippen LogP contribution in [0.4, 0.5) is 0 Å². The second-order valence-electron chi connectivity index (χ2n) is 12.3. The minimum absolute atomic E-state index is 0.901. The first kappa shape index (κ1) is 27.8. The van der Waals surface area contributed by atoms with Crippen LogP contribution in [0.2, 0.25) is 0 Å². The van der Waals surface area contributed by atoms with Crippen LogP contribution < -0.4 is 0 Å². The molecular formula is C42H34N4. The normalized spacial score (nSPS) is 12.4. The highest BCUT2D eigenvalue weighted by molar-refractivity contribution is 6.10. The number of fused-ring (bicyclic) bond motifs is 8. The van der Waals surface area contributed by atoms with Crippen molar-refractivity contribution in [3.8, 4) is 33.4 Å². The summed E-state index contributed by atoms with van der Waals surface area (Å²) in [6.07, 6.45) is 6.36. The van der Waals surface area contributed by atoms with Gasteiger partial charge in [-0.25, -0.2) is 9.97 Å². The molecule has 0 saturated heterocycles. The summed E-state index contributed by atoms with van der Waals surface area (Å²) in [4.78, 5) is 17.9. The minimum Gasteiger partial charge on any atom is -0.355 e. The molecule has 8 rings (SSSR count). The van der Waals surface area contributed by atoms with E-state index in [0.29, 0.717) is 0 Å². The van der Waals surface area contributed by atoms with Crippen molar-refractivity contribution in [2.45, 2.75) is 27.7 Å². The summed E-state index contributed by atoms with van der Waals surface area (Å²) in [6, 6.07) is 36.6. The topological polar surface area (TPSA) is 57.4 Å². The van der Waals surface area contributed by atoms with Crippen molar-refractivity contribution >= 4 is 45.9 Å². The van der Waals surface area contributed by atoms with Crippen LogP contribution in [0, 0.1) is 20.8 Å². The minimum atomic E-state index is 0.901. The maximum Gasteiger partial charge on any atom is 0.0766 e. The molecule has 0 amide bonds. The molecule has 0 radical (unpaired) electrons. The van der Waals surface area contributed by atoms with Gasteiger partial charge in [-0.3, -0.25) is 0 Å². The lowest BCUT2D eigenvalue weighted by Crippen LogP contribution is -1.93. The smallest absolute Gasteiger partial charge is 0.0766 e. The predicted molar refractivity (Wildman–Crippen MR) is 194 cm³/mol. The molecular weight excluding hydrogens is 560 g/mol. The van der Waals surface area contributed by atoms with Crippen LogP contribution in [0.5, 0.6) is 0 Å². The zero-order chi connectivity index (χ0) is 31.4. The summed E-state index contributed by atoms with van der Waals surface area (Å²) in [6.45, 7) is 8.74. The van der Waals surface area contributed by atoms with Gasteiger partial charge in [0, 0.05) is 33.2 Å². The summed E-state index contributed by atoms with van der Waals surface area (Å²) in [5, 5.41) is 0. The molecule has 46 heavy (non-hydrogen) atoms. The number of hydrogen-bond acceptors (Lipinski definition) is 2. The van der Waals surface area contributed by atoms with Gasteiger partial charge in [0.15, 0.2) is 0 Å². The summed E-state index contributed by atoms with van der Waals surface area (Å²) in [5.74, 6) is 0. The second kappa shape index (κ2) is 11.0. The van der Waals surface area contributed by atoms with Crippen molar-refractivity contribution < 1.29 is 0 Å². The van der Waals surface area contributed by atoms with Crippen LogP contribution in [-0.2, 0) is 0 Å². The van der Waals surface area contributed by atoms with E-state index in [1.165, 1.54) is 33.4 Å². The molecule has 8 bridgehead atoms. The third-order valence-electron chi connectivity index (χ3n) is 9.05. The Morgan fingerprint density at radius 1 is 0.478 bits per heavy atom. The fourth-order valence-corrected chi connectivity index (χ4v) is 6.79. The third kappa shape index (κ3) is 4.79. The highest BCUT2D eigenvalue weighted by Crippen LogP contribution is 2.46. The summed E-state index contributed by atoms with van der Waals surface area (Å²) in [7, 11) is 0. The molecule has 2 aliphatic heterocycles. The van der Waals surface area contributed by atoms with Crippen molar-refractivity contribution in [2.75, 3.05) is 0 Å². The van der Waals surface area contributed by atoms with Crippen molar-refractivity contribution in [1.82, 2.24) is 19.9 Å². The summed E-state index contributed by atoms with van der Waals surface area (Å²) >= 11 is 0. The first-order chi connectivity index (χ1) is 22.4. The quantitative estimate of drug-likeness (QED) is 0.214. The summed E-state index contributed by atoms with van der Waals surface area (Å²) < 4.78 is 0. The average molecular weight is 595 g/mol. The largest absolute Gasteiger partial charge is 0.355 e. The molecule has 0 fully saturated rings. The summed E-state index contributed by atoms with van der Waals surface area (Å²) in [5.41, 5.74) is 19.5. The van der Waals surface area contributed by atoms with Crippen LogP contribution in [0.3, 0.4) is 0 Å². The Morgan fingerprint density at radius 2 is 1.00 bits per heavy atom. The van der Waals surface area contributed by atoms with Crippen LogP contribution in [0.1, 0.15) is 46.4 Å². The fourth-order valence-electron chi connectivity index (χ4n) is 6.79. The fraction of sp³-hybridized carbons (Fsp3) is 0.0952. The monoisotopic (exact) mass is 594 g/mol. The van der Waals surface area contributed by atoms with E-state index in [2.05, 4.69) is 159 Å². The van der Waals surface area contributed by atoms with Gasteiger partial charge in [0.2, 0.25) is 0 Å². The molecule has 0 unspecified atom stereocenters. The molecule has 0 atom stereocenters. The number of rotatable bonds is 3. The molecule has 5 heterocycles. The Bertz CT molecular complexity index is 2410. The Balaban J connectivity index is 1.67. The SMILES string of the molecule is CC1=Cc2cc3ccc(cc4nc(cc5[nH]c(c(-c6ccccc6C)c1n2)c(-c1ccccc1C)c5-c1ccccc1C)C=C4)[nH]3. The highest BCUT2D eigenvalue weighted by atomic mass is 14.8. The number of benzene rings is 3. The van der Waals surface area contributed by atoms with E-state index in [1.807, 2.05) is 0 Å². The van der Waals surface area contributed by atoms with Gasteiger partial charge in [0.1, 0.15) is 0 Å². The molecule has 4 nitrogen and oxygen atoms in total. The lowest BCUT2D eigenvalue weighted by Gasteiger charge is -2.14. The number of aromatic nitrogens is 4. The van der Waals surface area contributed by atoms with E-state index in [0.717, 1.165) is 67.1 Å². The zero-order valence-electron chi connectivity index (χ0n) is 26.4. The molecule has 2 aliphatic rings. The third-order valence-corrected chi connectivity index (χ3v) is 9.05. The van der Waals surface area contributed by atoms with E-state index in [4.69, 9.17) is 9.97 Å². The zero-order valence-corrected chi connectivity index (χ0v) is 26.4. The number of hydrogen-bond donors (Lipinski definition) is 2. The lowest BCUT2D eigenvalue weighted by atomic mass is 9.88. The first-order valence-electron chi connectivity index (χ1n) is 15.8. The predicted octanol–water partition coefficient (Wildman–Crippen LogP) is 11.0. The van der Waals surface area contributed by atoms with Crippen LogP contribution in [0.25, 0.3) is 79.2 Å². The van der Waals surface area contributed by atoms with E-state index >= 15 is 0 Å². The number of nitrogens with one attached hydrogen (secondary N) is 2. The molecule has 3 aromatic carbocycles. The molecule has 0 aliphatic carbocycles. The van der Waals surface area contributed by atoms with Gasteiger partial charge in [0.25, 0.3) is 0 Å². The number of nitrogens with zero attached hydrogens (tertiary/aromatic N) is 2. The van der Waals surface area contributed by atoms with Gasteiger partial charge >= 0.3 is 0 Å². The number of aromatic amines is 2. The molecule has 222 valence electrons. The van der Waals surface area contributed by atoms with E-state index in [1.54, 1.807) is 0 Å². The van der Waals surface area contributed by atoms with Crippen LogP contribution >= 0.6 is 0 Å². The van der Waals surface area contributed by atoms with Gasteiger partial charge in [-0.2, -0.15) is 0 Å². The van der Waals surface area contributed by atoms with Crippen molar-refractivity contribution in [3.05, 3.63) is 143 Å². The second-order valence-corrected chi connectivity index (χ2v) is 12.3. The standard InChI is InChI=1S/C42H34N4/c1-25-11-5-8-14-34(25)38-37-24-32-20-19-30(44-32)22-29-17-18-31(43-29)23-33-21-28(4)41(45-33)40(36-16-10-7-13-27(36)3)42(46-37)39(38)35-15-9-6-12-26(35)2/h5-24,43,46H,1-4H3. The van der Waals surface area contributed by atoms with E-state index in [-0.39, 0.29) is 0 Å². The van der Waals surface area contributed by atoms with Crippen molar-refractivity contribution in [2.24, 2.45) is 0 Å². The Hall–Kier alpha value is -5.74. The Kier molecular flexibility index (Phi) is 6.65. The van der Waals surface area contributed by atoms with Gasteiger partial charge < -0.3 is 9.97 Å². The van der Waals surface area contributed by atoms with Crippen molar-refractivity contribution in [3.63, 3.8) is 0 Å². The first-order valence-corrected chi connectivity index (χ1v) is 15.8. The molecule has 0 saturated carbocycles.